The average molecular weight is 295 g/mol. The molecule has 1 amide bonds. The Kier molecular flexibility index (Phi) is 4.71. The van der Waals surface area contributed by atoms with Crippen LogP contribution in [0.2, 0.25) is 5.02 Å². The van der Waals surface area contributed by atoms with Crippen LogP contribution in [0.1, 0.15) is 26.3 Å². The minimum absolute atomic E-state index is 0.253. The number of amides is 1. The van der Waals surface area contributed by atoms with Gasteiger partial charge in [-0.15, -0.1) is 0 Å². The number of piperazine rings is 1. The van der Waals surface area contributed by atoms with E-state index in [1.807, 2.05) is 37.8 Å². The summed E-state index contributed by atoms with van der Waals surface area (Å²) < 4.78 is 0. The maximum atomic E-state index is 12.2. The van der Waals surface area contributed by atoms with Crippen LogP contribution in [0.25, 0.3) is 0 Å². The van der Waals surface area contributed by atoms with Crippen molar-refractivity contribution in [1.29, 1.82) is 0 Å². The lowest BCUT2D eigenvalue weighted by atomic mass is 9.94. The van der Waals surface area contributed by atoms with Crippen LogP contribution in [0.5, 0.6) is 0 Å². The first-order chi connectivity index (χ1) is 9.36. The third-order valence-corrected chi connectivity index (χ3v) is 3.87. The summed E-state index contributed by atoms with van der Waals surface area (Å²) in [5, 5.41) is 0.773. The van der Waals surface area contributed by atoms with Crippen molar-refractivity contribution in [1.82, 2.24) is 9.80 Å². The van der Waals surface area contributed by atoms with Gasteiger partial charge in [0.05, 0.1) is 0 Å². The van der Waals surface area contributed by atoms with Gasteiger partial charge in [-0.3, -0.25) is 9.69 Å². The first-order valence-corrected chi connectivity index (χ1v) is 7.50. The van der Waals surface area contributed by atoms with E-state index in [-0.39, 0.29) is 11.3 Å². The summed E-state index contributed by atoms with van der Waals surface area (Å²) in [6.45, 7) is 10.4. The highest BCUT2D eigenvalue weighted by Crippen LogP contribution is 2.19. The average Bonchev–Trinajstić information content (AvgIpc) is 2.40. The van der Waals surface area contributed by atoms with E-state index in [2.05, 4.69) is 17.0 Å². The van der Waals surface area contributed by atoms with Crippen molar-refractivity contribution in [2.24, 2.45) is 5.41 Å². The van der Waals surface area contributed by atoms with Gasteiger partial charge < -0.3 is 4.90 Å². The minimum atomic E-state index is -0.279. The molecule has 0 unspecified atom stereocenters. The maximum Gasteiger partial charge on any atom is 0.228 e. The molecule has 1 aliphatic rings. The van der Waals surface area contributed by atoms with E-state index < -0.39 is 0 Å². The number of rotatable bonds is 2. The quantitative estimate of drug-likeness (QED) is 0.837. The monoisotopic (exact) mass is 294 g/mol. The zero-order valence-electron chi connectivity index (χ0n) is 12.5. The predicted octanol–water partition coefficient (Wildman–Crippen LogP) is 3.03. The molecule has 0 spiro atoms. The van der Waals surface area contributed by atoms with Gasteiger partial charge in [-0.1, -0.05) is 44.5 Å². The van der Waals surface area contributed by atoms with Crippen LogP contribution in [-0.2, 0) is 11.3 Å². The van der Waals surface area contributed by atoms with Crippen molar-refractivity contribution in [3.8, 4) is 0 Å². The van der Waals surface area contributed by atoms with Crippen LogP contribution in [-0.4, -0.2) is 41.9 Å². The molecule has 4 heteroatoms. The second kappa shape index (κ2) is 6.15. The number of hydrogen-bond acceptors (Lipinski definition) is 2. The maximum absolute atomic E-state index is 12.2. The van der Waals surface area contributed by atoms with E-state index in [0.29, 0.717) is 0 Å². The molecule has 1 aromatic rings. The second-order valence-electron chi connectivity index (χ2n) is 6.44. The summed E-state index contributed by atoms with van der Waals surface area (Å²) >= 11 is 5.89. The Morgan fingerprint density at radius 3 is 2.15 bits per heavy atom. The Morgan fingerprint density at radius 1 is 1.10 bits per heavy atom. The van der Waals surface area contributed by atoms with Gasteiger partial charge in [-0.2, -0.15) is 0 Å². The van der Waals surface area contributed by atoms with Gasteiger partial charge in [0.1, 0.15) is 0 Å². The summed E-state index contributed by atoms with van der Waals surface area (Å²) in [5.74, 6) is 0.253. The fraction of sp³-hybridized carbons (Fsp3) is 0.562. The number of halogens is 1. The number of benzene rings is 1. The SMILES string of the molecule is CC(C)(C)C(=O)N1CCN(Cc2ccc(Cl)cc2)CC1. The van der Waals surface area contributed by atoms with E-state index in [4.69, 9.17) is 11.6 Å². The summed E-state index contributed by atoms with van der Waals surface area (Å²) in [6.07, 6.45) is 0. The molecule has 0 N–H and O–H groups in total. The molecule has 2 rings (SSSR count). The highest BCUT2D eigenvalue weighted by Gasteiger charge is 2.29. The molecule has 0 saturated carbocycles. The zero-order valence-corrected chi connectivity index (χ0v) is 13.3. The highest BCUT2D eigenvalue weighted by molar-refractivity contribution is 6.30. The molecule has 0 radical (unpaired) electrons. The van der Waals surface area contributed by atoms with Gasteiger partial charge in [-0.25, -0.2) is 0 Å². The number of hydrogen-bond donors (Lipinski definition) is 0. The topological polar surface area (TPSA) is 23.6 Å². The Hall–Kier alpha value is -1.06. The zero-order chi connectivity index (χ0) is 14.8. The minimum Gasteiger partial charge on any atom is -0.340 e. The van der Waals surface area contributed by atoms with E-state index in [1.54, 1.807) is 0 Å². The molecule has 1 aromatic carbocycles. The fourth-order valence-electron chi connectivity index (χ4n) is 2.43. The molecule has 0 atom stereocenters. The Bertz CT molecular complexity index is 456. The third-order valence-electron chi connectivity index (χ3n) is 3.62. The summed E-state index contributed by atoms with van der Waals surface area (Å²) in [4.78, 5) is 16.6. The summed E-state index contributed by atoms with van der Waals surface area (Å²) in [6, 6.07) is 7.98. The molecular formula is C16H23ClN2O. The van der Waals surface area contributed by atoms with Crippen LogP contribution in [0.3, 0.4) is 0 Å². The third kappa shape index (κ3) is 3.97. The van der Waals surface area contributed by atoms with Crippen molar-refractivity contribution in [2.45, 2.75) is 27.3 Å². The molecule has 0 aliphatic carbocycles. The smallest absolute Gasteiger partial charge is 0.228 e. The Morgan fingerprint density at radius 2 is 1.65 bits per heavy atom. The van der Waals surface area contributed by atoms with Crippen molar-refractivity contribution < 1.29 is 4.79 Å². The molecule has 1 saturated heterocycles. The summed E-state index contributed by atoms with van der Waals surface area (Å²) in [5.41, 5.74) is 0.989. The number of nitrogens with zero attached hydrogens (tertiary/aromatic N) is 2. The molecule has 0 aromatic heterocycles. The van der Waals surface area contributed by atoms with Crippen molar-refractivity contribution in [3.63, 3.8) is 0 Å². The van der Waals surface area contributed by atoms with Crippen molar-refractivity contribution in [3.05, 3.63) is 34.9 Å². The van der Waals surface area contributed by atoms with E-state index >= 15 is 0 Å². The molecule has 1 aliphatic heterocycles. The largest absolute Gasteiger partial charge is 0.340 e. The first-order valence-electron chi connectivity index (χ1n) is 7.12. The van der Waals surface area contributed by atoms with Crippen LogP contribution < -0.4 is 0 Å². The number of carbonyl (C=O) groups is 1. The molecule has 1 fully saturated rings. The predicted molar refractivity (Wildman–Crippen MR) is 82.8 cm³/mol. The lowest BCUT2D eigenvalue weighted by Gasteiger charge is -2.37. The van der Waals surface area contributed by atoms with E-state index in [9.17, 15) is 4.79 Å². The van der Waals surface area contributed by atoms with Crippen LogP contribution >= 0.6 is 11.6 Å². The molecule has 3 nitrogen and oxygen atoms in total. The van der Waals surface area contributed by atoms with Crippen molar-refractivity contribution in [2.75, 3.05) is 26.2 Å². The Balaban J connectivity index is 1.85. The molecule has 1 heterocycles. The summed E-state index contributed by atoms with van der Waals surface area (Å²) in [7, 11) is 0. The highest BCUT2D eigenvalue weighted by atomic mass is 35.5. The number of carbonyl (C=O) groups excluding carboxylic acids is 1. The first kappa shape index (κ1) is 15.3. The fourth-order valence-corrected chi connectivity index (χ4v) is 2.56. The van der Waals surface area contributed by atoms with E-state index in [1.165, 1.54) is 5.56 Å². The molecule has 20 heavy (non-hydrogen) atoms. The van der Waals surface area contributed by atoms with Gasteiger partial charge in [0.15, 0.2) is 0 Å². The van der Waals surface area contributed by atoms with Crippen LogP contribution in [0.4, 0.5) is 0 Å². The van der Waals surface area contributed by atoms with Crippen LogP contribution in [0, 0.1) is 5.41 Å². The van der Waals surface area contributed by atoms with Gasteiger partial charge in [0, 0.05) is 43.2 Å². The standard InChI is InChI=1S/C16H23ClN2O/c1-16(2,3)15(20)19-10-8-18(9-11-19)12-13-4-6-14(17)7-5-13/h4-7H,8-12H2,1-3H3. The lowest BCUT2D eigenvalue weighted by Crippen LogP contribution is -2.51. The normalized spacial score (nSPS) is 17.3. The second-order valence-corrected chi connectivity index (χ2v) is 6.88. The van der Waals surface area contributed by atoms with Gasteiger partial charge >= 0.3 is 0 Å². The van der Waals surface area contributed by atoms with Crippen LogP contribution in [0.15, 0.2) is 24.3 Å². The molecule has 110 valence electrons. The van der Waals surface area contributed by atoms with Gasteiger partial charge in [-0.05, 0) is 17.7 Å². The molecular weight excluding hydrogens is 272 g/mol. The van der Waals surface area contributed by atoms with Crippen molar-refractivity contribution >= 4 is 17.5 Å². The van der Waals surface area contributed by atoms with E-state index in [0.717, 1.165) is 37.7 Å². The molecule has 0 bridgehead atoms. The van der Waals surface area contributed by atoms with Gasteiger partial charge in [0.25, 0.3) is 0 Å². The Labute approximate surface area is 126 Å². The van der Waals surface area contributed by atoms with Gasteiger partial charge in [0.2, 0.25) is 5.91 Å². The lowest BCUT2D eigenvalue weighted by molar-refractivity contribution is -0.141.